The fourth-order valence-corrected chi connectivity index (χ4v) is 9.82. The molecule has 0 aliphatic rings. The van der Waals surface area contributed by atoms with E-state index in [0.29, 0.717) is 28.6 Å². The summed E-state index contributed by atoms with van der Waals surface area (Å²) < 4.78 is 67.0. The number of pyridine rings is 1. The Morgan fingerprint density at radius 1 is 0.562 bits per heavy atom. The van der Waals surface area contributed by atoms with Gasteiger partial charge in [0.05, 0.1) is 40.3 Å². The van der Waals surface area contributed by atoms with Gasteiger partial charge in [-0.3, -0.25) is 13.7 Å². The Kier molecular flexibility index (Phi) is 10.1. The van der Waals surface area contributed by atoms with Gasteiger partial charge in [0.1, 0.15) is 17.3 Å². The summed E-state index contributed by atoms with van der Waals surface area (Å²) in [6.45, 7) is 21.5. The lowest BCUT2D eigenvalue weighted by Gasteiger charge is -2.27. The van der Waals surface area contributed by atoms with Crippen LogP contribution in [0.2, 0.25) is 0 Å². The van der Waals surface area contributed by atoms with Crippen LogP contribution in [-0.4, -0.2) is 14.1 Å². The highest BCUT2D eigenvalue weighted by molar-refractivity contribution is 6.10. The quantitative estimate of drug-likeness (QED) is 0.107. The van der Waals surface area contributed by atoms with E-state index in [1.54, 1.807) is 6.20 Å². The van der Waals surface area contributed by atoms with Gasteiger partial charge in [-0.25, -0.2) is 4.98 Å². The summed E-state index contributed by atoms with van der Waals surface area (Å²) in [6, 6.07) is 53.7. The van der Waals surface area contributed by atoms with Crippen molar-refractivity contribution in [2.75, 3.05) is 0 Å². The topological polar surface area (TPSA) is 35.9 Å². The molecule has 0 saturated heterocycles. The minimum atomic E-state index is -0.894. The minimum Gasteiger partial charge on any atom is -0.458 e. The largest absolute Gasteiger partial charge is 0.458 e. The van der Waals surface area contributed by atoms with Gasteiger partial charge >= 0.3 is 0 Å². The third-order valence-corrected chi connectivity index (χ3v) is 14.3. The van der Waals surface area contributed by atoms with Gasteiger partial charge in [-0.1, -0.05) is 203 Å². The van der Waals surface area contributed by atoms with Gasteiger partial charge in [-0.15, -0.1) is 0 Å². The zero-order valence-electron chi connectivity index (χ0n) is 49.4. The van der Waals surface area contributed by atoms with Crippen LogP contribution >= 0.6 is 0 Å². The molecule has 0 N–H and O–H groups in total. The van der Waals surface area contributed by atoms with Crippen LogP contribution in [0.1, 0.15) is 100 Å². The van der Waals surface area contributed by atoms with Gasteiger partial charge < -0.3 is 4.74 Å². The van der Waals surface area contributed by atoms with Gasteiger partial charge in [0.25, 0.3) is 6.33 Å². The first-order valence-corrected chi connectivity index (χ1v) is 25.1. The maximum absolute atomic E-state index is 9.50. The molecule has 0 spiro atoms. The second kappa shape index (κ2) is 18.2. The molecule has 1 unspecified atom stereocenters. The molecule has 11 rings (SSSR count). The molecule has 0 aliphatic heterocycles. The SMILES string of the molecule is [2H]c1c([2H])c([2H])c(-c2cccc(-c3cc(C(C)(C)C)cc(C(C)(C)C)c3)c2-[n+]2[c-]n(-c3cccc(Oc4ccc5c6cc(-c7ccccc7)ccc6n(-c6cc(C([2H])(C)C(C)(C)C)ccn6)c5c4)c3)c3ccccc32)c([2H])c1[2H]. The minimum absolute atomic E-state index is 0.106. The number of nitrogens with zero attached hydrogens (tertiary/aromatic N) is 4. The third-order valence-electron chi connectivity index (χ3n) is 14.3. The number of rotatable bonds is 9. The Bertz CT molecular complexity index is 4150. The van der Waals surface area contributed by atoms with Crippen LogP contribution in [0.3, 0.4) is 0 Å². The fourth-order valence-electron chi connectivity index (χ4n) is 9.82. The number of aromatic nitrogens is 4. The van der Waals surface area contributed by atoms with E-state index in [9.17, 15) is 4.11 Å². The van der Waals surface area contributed by atoms with E-state index >= 15 is 0 Å². The molecule has 5 nitrogen and oxygen atoms in total. The molecule has 0 saturated carbocycles. The number of imidazole rings is 1. The van der Waals surface area contributed by atoms with E-state index in [4.69, 9.17) is 13.8 Å². The van der Waals surface area contributed by atoms with E-state index in [1.165, 1.54) is 0 Å². The first-order chi connectivity index (χ1) is 37.4. The van der Waals surface area contributed by atoms with Crippen molar-refractivity contribution < 1.29 is 17.5 Å². The Hall–Kier alpha value is -8.02. The van der Waals surface area contributed by atoms with Crippen LogP contribution in [0.25, 0.3) is 83.4 Å². The molecule has 3 heterocycles. The van der Waals surface area contributed by atoms with E-state index in [-0.39, 0.29) is 33.9 Å². The molecule has 0 amide bonds. The van der Waals surface area contributed by atoms with Crippen molar-refractivity contribution in [3.8, 4) is 62.1 Å². The summed E-state index contributed by atoms with van der Waals surface area (Å²) in [4.78, 5) is 4.95. The number of benzene rings is 8. The molecular formula is C68H64N4O. The highest BCUT2D eigenvalue weighted by Crippen LogP contribution is 2.42. The van der Waals surface area contributed by atoms with E-state index in [0.717, 1.165) is 77.5 Å². The zero-order chi connectivity index (χ0) is 56.1. The zero-order valence-corrected chi connectivity index (χ0v) is 43.4. The standard InChI is InChI=1S/C68H64N4O/c1-45(66(2,3)4)48-35-36-69-64(40-48)72-60-34-31-49(46-21-13-11-14-22-46)39-59(60)58-33-32-55(43-63(58)72)73-54-26-19-25-53(42-54)70-44-71(62-30-18-17-29-61(62)70)65-56(47-23-15-12-16-24-47)27-20-28-57(65)50-37-51(67(5,6)7)41-52(38-50)68(8,9)10/h11-43,45H,1-10H3/i12D,15D,16D,23D,24D,45D. The van der Waals surface area contributed by atoms with Crippen molar-refractivity contribution in [3.05, 3.63) is 223 Å². The number of para-hydroxylation sites is 3. The summed E-state index contributed by atoms with van der Waals surface area (Å²) in [7, 11) is 0. The van der Waals surface area contributed by atoms with Crippen LogP contribution in [0.5, 0.6) is 11.5 Å². The lowest BCUT2D eigenvalue weighted by atomic mass is 9.78. The highest BCUT2D eigenvalue weighted by Gasteiger charge is 2.26. The number of hydrogen-bond donors (Lipinski definition) is 0. The summed E-state index contributed by atoms with van der Waals surface area (Å²) in [5.74, 6) is 1.03. The molecule has 8 aromatic carbocycles. The van der Waals surface area contributed by atoms with Crippen LogP contribution in [0.4, 0.5) is 0 Å². The third kappa shape index (κ3) is 9.03. The Labute approximate surface area is 439 Å². The van der Waals surface area contributed by atoms with Crippen molar-refractivity contribution in [2.45, 2.75) is 86.0 Å². The van der Waals surface area contributed by atoms with Crippen LogP contribution in [-0.2, 0) is 10.8 Å². The van der Waals surface area contributed by atoms with E-state index < -0.39 is 24.0 Å². The first kappa shape index (κ1) is 40.6. The van der Waals surface area contributed by atoms with Crippen LogP contribution in [0.15, 0.2) is 200 Å². The van der Waals surface area contributed by atoms with Crippen LogP contribution < -0.4 is 9.30 Å². The second-order valence-electron chi connectivity index (χ2n) is 22.2. The maximum Gasteiger partial charge on any atom is 0.269 e. The maximum atomic E-state index is 9.50. The normalized spacial score (nSPS) is 14.3. The smallest absolute Gasteiger partial charge is 0.269 e. The lowest BCUT2D eigenvalue weighted by molar-refractivity contribution is -0.571. The Morgan fingerprint density at radius 2 is 1.25 bits per heavy atom. The molecule has 3 aromatic heterocycles. The number of ether oxygens (including phenoxy) is 1. The predicted octanol–water partition coefficient (Wildman–Crippen LogP) is 17.7. The molecule has 11 aromatic rings. The molecule has 362 valence electrons. The fraction of sp³-hybridized carbons (Fsp3) is 0.206. The molecule has 0 aliphatic carbocycles. The van der Waals surface area contributed by atoms with Crippen molar-refractivity contribution in [2.24, 2.45) is 5.41 Å². The summed E-state index contributed by atoms with van der Waals surface area (Å²) in [6.07, 6.45) is 5.51. The van der Waals surface area contributed by atoms with Crippen LogP contribution in [0, 0.1) is 11.7 Å². The van der Waals surface area contributed by atoms with E-state index in [1.807, 2.05) is 107 Å². The van der Waals surface area contributed by atoms with Gasteiger partial charge in [0, 0.05) is 24.4 Å². The van der Waals surface area contributed by atoms with Crippen molar-refractivity contribution in [1.29, 1.82) is 0 Å². The molecular weight excluding hydrogens is 889 g/mol. The van der Waals surface area contributed by atoms with Gasteiger partial charge in [0.2, 0.25) is 0 Å². The molecule has 73 heavy (non-hydrogen) atoms. The van der Waals surface area contributed by atoms with Crippen molar-refractivity contribution in [3.63, 3.8) is 0 Å². The van der Waals surface area contributed by atoms with Gasteiger partial charge in [-0.05, 0) is 127 Å². The van der Waals surface area contributed by atoms with Gasteiger partial charge in [0.15, 0.2) is 0 Å². The molecule has 0 radical (unpaired) electrons. The number of fused-ring (bicyclic) bond motifs is 4. The molecule has 1 atom stereocenters. The summed E-state index contributed by atoms with van der Waals surface area (Å²) in [5, 5.41) is 2.10. The molecule has 0 fully saturated rings. The lowest BCUT2D eigenvalue weighted by Crippen LogP contribution is -2.31. The molecule has 5 heteroatoms. The first-order valence-electron chi connectivity index (χ1n) is 28.1. The number of hydrogen-bond acceptors (Lipinski definition) is 2. The van der Waals surface area contributed by atoms with Crippen molar-refractivity contribution in [1.82, 2.24) is 14.1 Å². The second-order valence-corrected chi connectivity index (χ2v) is 22.2. The molecule has 0 bridgehead atoms. The summed E-state index contributed by atoms with van der Waals surface area (Å²) >= 11 is 0. The monoisotopic (exact) mass is 959 g/mol. The van der Waals surface area contributed by atoms with E-state index in [2.05, 4.69) is 146 Å². The van der Waals surface area contributed by atoms with Gasteiger partial charge in [-0.2, -0.15) is 0 Å². The average Bonchev–Trinajstić information content (AvgIpc) is 4.00. The van der Waals surface area contributed by atoms with Crippen molar-refractivity contribution >= 4 is 32.8 Å². The highest BCUT2D eigenvalue weighted by atomic mass is 16.5. The average molecular weight is 959 g/mol. The Morgan fingerprint density at radius 3 is 1.97 bits per heavy atom. The Balaban J connectivity index is 1.07. The predicted molar refractivity (Wildman–Crippen MR) is 304 cm³/mol. The summed E-state index contributed by atoms with van der Waals surface area (Å²) in [5.41, 5.74) is 11.9.